The van der Waals surface area contributed by atoms with Crippen LogP contribution in [0.2, 0.25) is 0 Å². The molecule has 0 saturated heterocycles. The molecule has 0 atom stereocenters. The lowest BCUT2D eigenvalue weighted by molar-refractivity contribution is 0.370. The van der Waals surface area contributed by atoms with Crippen molar-refractivity contribution in [3.63, 3.8) is 0 Å². The van der Waals surface area contributed by atoms with Crippen LogP contribution in [-0.2, 0) is 13.0 Å². The minimum absolute atomic E-state index is 0. The van der Waals surface area contributed by atoms with E-state index in [1.807, 2.05) is 43.4 Å². The molecule has 0 aliphatic carbocycles. The topological polar surface area (TPSA) is 82.0 Å². The molecule has 0 unspecified atom stereocenters. The van der Waals surface area contributed by atoms with E-state index in [1.165, 1.54) is 0 Å². The molecule has 0 fully saturated rings. The number of rotatable bonds is 8. The number of ether oxygens (including phenoxy) is 1. The minimum atomic E-state index is 0. The molecule has 1 aromatic carbocycles. The highest BCUT2D eigenvalue weighted by atomic mass is 127. The van der Waals surface area contributed by atoms with Gasteiger partial charge >= 0.3 is 0 Å². The smallest absolute Gasteiger partial charge is 0.191 e. The van der Waals surface area contributed by atoms with Crippen molar-refractivity contribution in [1.29, 1.82) is 0 Å². The van der Waals surface area contributed by atoms with Crippen LogP contribution in [0, 0.1) is 0 Å². The second-order valence-electron chi connectivity index (χ2n) is 5.86. The third-order valence-electron chi connectivity index (χ3n) is 3.65. The first-order valence-electron chi connectivity index (χ1n) is 8.53. The Kier molecular flexibility index (Phi) is 10.2. The zero-order valence-electron chi connectivity index (χ0n) is 16.2. The van der Waals surface area contributed by atoms with Crippen LogP contribution in [-0.4, -0.2) is 50.3 Å². The second-order valence-corrected chi connectivity index (χ2v) is 6.69. The summed E-state index contributed by atoms with van der Waals surface area (Å²) in [6.07, 6.45) is 0.662. The summed E-state index contributed by atoms with van der Waals surface area (Å²) in [5.74, 6) is 1.41. The Morgan fingerprint density at radius 1 is 1.33 bits per heavy atom. The molecule has 3 N–H and O–H groups in total. The molecule has 0 aliphatic heterocycles. The maximum absolute atomic E-state index is 10.1. The molecular weight excluding hydrogens is 477 g/mol. The first kappa shape index (κ1) is 23.3. The van der Waals surface area contributed by atoms with Gasteiger partial charge in [-0.05, 0) is 25.0 Å². The fraction of sp³-hybridized carbons (Fsp3) is 0.444. The summed E-state index contributed by atoms with van der Waals surface area (Å²) in [5.41, 5.74) is 1.78. The van der Waals surface area contributed by atoms with Crippen LogP contribution in [0.3, 0.4) is 0 Å². The van der Waals surface area contributed by atoms with Crippen molar-refractivity contribution in [2.75, 3.05) is 39.2 Å². The van der Waals surface area contributed by atoms with Gasteiger partial charge in [-0.1, -0.05) is 12.1 Å². The van der Waals surface area contributed by atoms with Gasteiger partial charge in [-0.15, -0.1) is 35.3 Å². The lowest BCUT2D eigenvalue weighted by atomic mass is 10.1. The number of anilines is 1. The fourth-order valence-electron chi connectivity index (χ4n) is 2.33. The molecule has 0 bridgehead atoms. The average molecular weight is 505 g/mol. The number of para-hydroxylation sites is 1. The Hall–Kier alpha value is -1.75. The number of hydrogen-bond donors (Lipinski definition) is 3. The molecule has 27 heavy (non-hydrogen) atoms. The summed E-state index contributed by atoms with van der Waals surface area (Å²) in [5, 5.41) is 19.7. The maximum Gasteiger partial charge on any atom is 0.191 e. The van der Waals surface area contributed by atoms with E-state index in [-0.39, 0.29) is 29.7 Å². The van der Waals surface area contributed by atoms with Gasteiger partial charge in [0, 0.05) is 32.6 Å². The first-order valence-corrected chi connectivity index (χ1v) is 9.41. The molecule has 0 amide bonds. The molecule has 1 heterocycles. The van der Waals surface area contributed by atoms with E-state index in [1.54, 1.807) is 24.5 Å². The van der Waals surface area contributed by atoms with Crippen LogP contribution >= 0.6 is 35.3 Å². The number of nitrogens with one attached hydrogen (secondary N) is 2. The van der Waals surface area contributed by atoms with Crippen LogP contribution in [0.15, 0.2) is 28.6 Å². The molecule has 150 valence electrons. The number of phenolic OH excluding ortho intramolecular Hbond substituents is 1. The van der Waals surface area contributed by atoms with Crippen LogP contribution in [0.25, 0.3) is 0 Å². The average Bonchev–Trinajstić information content (AvgIpc) is 3.10. The SMILES string of the molecule is CCNC(=NCc1csc(N(C)C)n1)NCCc1cccc(OC)c1O.I. The van der Waals surface area contributed by atoms with E-state index < -0.39 is 0 Å². The van der Waals surface area contributed by atoms with Gasteiger partial charge in [-0.2, -0.15) is 0 Å². The Bertz CT molecular complexity index is 736. The Labute approximate surface area is 181 Å². The molecule has 2 rings (SSSR count). The highest BCUT2D eigenvalue weighted by molar-refractivity contribution is 14.0. The number of thiazole rings is 1. The van der Waals surface area contributed by atoms with Crippen molar-refractivity contribution in [3.8, 4) is 11.5 Å². The van der Waals surface area contributed by atoms with Crippen LogP contribution < -0.4 is 20.3 Å². The van der Waals surface area contributed by atoms with E-state index in [0.717, 1.165) is 28.9 Å². The zero-order valence-corrected chi connectivity index (χ0v) is 19.3. The van der Waals surface area contributed by atoms with Gasteiger partial charge in [0.15, 0.2) is 22.6 Å². The van der Waals surface area contributed by atoms with Crippen LogP contribution in [0.5, 0.6) is 11.5 Å². The summed E-state index contributed by atoms with van der Waals surface area (Å²) in [4.78, 5) is 11.1. The number of nitrogens with zero attached hydrogens (tertiary/aromatic N) is 3. The molecule has 2 aromatic rings. The van der Waals surface area contributed by atoms with E-state index in [2.05, 4.69) is 20.6 Å². The normalized spacial score (nSPS) is 10.9. The minimum Gasteiger partial charge on any atom is -0.504 e. The van der Waals surface area contributed by atoms with E-state index in [4.69, 9.17) is 4.74 Å². The zero-order chi connectivity index (χ0) is 18.9. The van der Waals surface area contributed by atoms with Crippen molar-refractivity contribution in [1.82, 2.24) is 15.6 Å². The number of methoxy groups -OCH3 is 1. The largest absolute Gasteiger partial charge is 0.504 e. The maximum atomic E-state index is 10.1. The third-order valence-corrected chi connectivity index (χ3v) is 4.71. The molecule has 0 saturated carbocycles. The van der Waals surface area contributed by atoms with Gasteiger partial charge in [-0.25, -0.2) is 9.98 Å². The molecule has 7 nitrogen and oxygen atoms in total. The number of aromatic nitrogens is 1. The summed E-state index contributed by atoms with van der Waals surface area (Å²) < 4.78 is 5.14. The van der Waals surface area contributed by atoms with Gasteiger partial charge in [-0.3, -0.25) is 0 Å². The molecule has 0 radical (unpaired) electrons. The van der Waals surface area contributed by atoms with Crippen molar-refractivity contribution >= 4 is 46.4 Å². The van der Waals surface area contributed by atoms with Crippen LogP contribution in [0.1, 0.15) is 18.2 Å². The van der Waals surface area contributed by atoms with Gasteiger partial charge < -0.3 is 25.4 Å². The van der Waals surface area contributed by atoms with E-state index in [9.17, 15) is 5.11 Å². The number of hydrogen-bond acceptors (Lipinski definition) is 6. The van der Waals surface area contributed by atoms with E-state index >= 15 is 0 Å². The predicted molar refractivity (Wildman–Crippen MR) is 123 cm³/mol. The summed E-state index contributed by atoms with van der Waals surface area (Å²) >= 11 is 1.61. The molecule has 0 aliphatic rings. The molecule has 9 heteroatoms. The number of aromatic hydroxyl groups is 1. The number of halogens is 1. The van der Waals surface area contributed by atoms with Crippen molar-refractivity contribution < 1.29 is 9.84 Å². The van der Waals surface area contributed by atoms with Crippen molar-refractivity contribution in [2.45, 2.75) is 19.9 Å². The highest BCUT2D eigenvalue weighted by Crippen LogP contribution is 2.29. The lowest BCUT2D eigenvalue weighted by Crippen LogP contribution is -2.38. The molecule has 0 spiro atoms. The third kappa shape index (κ3) is 7.06. The lowest BCUT2D eigenvalue weighted by Gasteiger charge is -2.12. The highest BCUT2D eigenvalue weighted by Gasteiger charge is 2.08. The first-order chi connectivity index (χ1) is 12.5. The monoisotopic (exact) mass is 505 g/mol. The molecule has 1 aromatic heterocycles. The van der Waals surface area contributed by atoms with Crippen molar-refractivity contribution in [3.05, 3.63) is 34.8 Å². The van der Waals surface area contributed by atoms with E-state index in [0.29, 0.717) is 25.3 Å². The second kappa shape index (κ2) is 11.9. The number of guanidine groups is 1. The Balaban J connectivity index is 0.00000364. The van der Waals surface area contributed by atoms with Gasteiger partial charge in [0.25, 0.3) is 0 Å². The van der Waals surface area contributed by atoms with Gasteiger partial charge in [0.05, 0.1) is 19.3 Å². The number of phenols is 1. The number of aliphatic imine (C=N–C) groups is 1. The summed E-state index contributed by atoms with van der Waals surface area (Å²) in [6, 6.07) is 5.51. The summed E-state index contributed by atoms with van der Waals surface area (Å²) in [6.45, 7) is 3.96. The van der Waals surface area contributed by atoms with Crippen molar-refractivity contribution in [2.24, 2.45) is 4.99 Å². The quantitative estimate of drug-likeness (QED) is 0.291. The number of benzene rings is 1. The van der Waals surface area contributed by atoms with Gasteiger partial charge in [0.2, 0.25) is 0 Å². The fourth-order valence-corrected chi connectivity index (χ4v) is 3.08. The Morgan fingerprint density at radius 3 is 2.74 bits per heavy atom. The summed E-state index contributed by atoms with van der Waals surface area (Å²) in [7, 11) is 5.50. The predicted octanol–water partition coefficient (Wildman–Crippen LogP) is 2.84. The standard InChI is InChI=1S/C18H27N5O2S.HI/c1-5-19-17(21-11-14-12-26-18(22-14)23(2)3)20-10-9-13-7-6-8-15(25-4)16(13)24;/h6-8,12,24H,5,9-11H2,1-4H3,(H2,19,20,21);1H. The molecular formula is C18H28IN5O2S. The van der Waals surface area contributed by atoms with Gasteiger partial charge in [0.1, 0.15) is 0 Å². The van der Waals surface area contributed by atoms with Crippen LogP contribution in [0.4, 0.5) is 5.13 Å². The Morgan fingerprint density at radius 2 is 2.11 bits per heavy atom.